The number of alkyl halides is 3. The van der Waals surface area contributed by atoms with Crippen molar-refractivity contribution >= 4 is 17.9 Å². The van der Waals surface area contributed by atoms with Gasteiger partial charge in [0.05, 0.1) is 23.4 Å². The molecule has 3 aromatic heterocycles. The van der Waals surface area contributed by atoms with Crippen molar-refractivity contribution in [3.63, 3.8) is 0 Å². The first-order valence-electron chi connectivity index (χ1n) is 12.5. The molecule has 3 aromatic rings. The first-order valence-corrected chi connectivity index (χ1v) is 12.5. The van der Waals surface area contributed by atoms with E-state index in [1.807, 2.05) is 34.6 Å². The van der Waals surface area contributed by atoms with E-state index >= 15 is 0 Å². The summed E-state index contributed by atoms with van der Waals surface area (Å²) in [4.78, 5) is 30.9. The highest BCUT2D eigenvalue weighted by atomic mass is 19.4. The minimum Gasteiger partial charge on any atom is -0.447 e. The largest absolute Gasteiger partial charge is 0.447 e. The van der Waals surface area contributed by atoms with Gasteiger partial charge in [-0.1, -0.05) is 6.07 Å². The van der Waals surface area contributed by atoms with Crippen molar-refractivity contribution in [1.82, 2.24) is 19.9 Å². The van der Waals surface area contributed by atoms with Gasteiger partial charge in [0.25, 0.3) is 0 Å². The molecular weight excluding hydrogens is 513 g/mol. The van der Waals surface area contributed by atoms with Gasteiger partial charge in [0.2, 0.25) is 5.95 Å². The van der Waals surface area contributed by atoms with Crippen LogP contribution in [0.1, 0.15) is 57.7 Å². The number of cyclic esters (lactones) is 1. The minimum atomic E-state index is -4.53. The zero-order chi connectivity index (χ0) is 28.5. The molecular formula is C27H31F3N6O3. The van der Waals surface area contributed by atoms with Crippen molar-refractivity contribution < 1.29 is 27.4 Å². The number of nitrogens with zero attached hydrogens (tertiary/aromatic N) is 5. The molecule has 9 nitrogen and oxygen atoms in total. The smallest absolute Gasteiger partial charge is 0.433 e. The van der Waals surface area contributed by atoms with Crippen molar-refractivity contribution in [2.75, 3.05) is 16.8 Å². The first kappa shape index (κ1) is 28.2. The molecule has 0 spiro atoms. The second-order valence-corrected chi connectivity index (χ2v) is 10.4. The molecule has 3 atom stereocenters. The van der Waals surface area contributed by atoms with Gasteiger partial charge in [0.1, 0.15) is 24.2 Å². The third-order valence-corrected chi connectivity index (χ3v) is 6.13. The van der Waals surface area contributed by atoms with Crippen LogP contribution in [0.4, 0.5) is 29.7 Å². The van der Waals surface area contributed by atoms with Crippen LogP contribution in [0.15, 0.2) is 42.7 Å². The number of anilines is 2. The number of hydrogen-bond donors (Lipinski definition) is 1. The summed E-state index contributed by atoms with van der Waals surface area (Å²) in [6.45, 7) is 11.5. The fraction of sp³-hybridized carbons (Fsp3) is 0.444. The van der Waals surface area contributed by atoms with Gasteiger partial charge in [0, 0.05) is 23.7 Å². The molecule has 4 rings (SSSR count). The van der Waals surface area contributed by atoms with Gasteiger partial charge in [-0.05, 0) is 71.4 Å². The lowest BCUT2D eigenvalue weighted by atomic mass is 10.0. The van der Waals surface area contributed by atoms with E-state index in [0.717, 1.165) is 12.3 Å². The zero-order valence-electron chi connectivity index (χ0n) is 22.6. The third-order valence-electron chi connectivity index (χ3n) is 6.13. The molecule has 1 amide bonds. The molecule has 39 heavy (non-hydrogen) atoms. The lowest BCUT2D eigenvalue weighted by molar-refractivity contribution is -0.141. The van der Waals surface area contributed by atoms with Crippen molar-refractivity contribution in [3.05, 3.63) is 59.8 Å². The average molecular weight is 545 g/mol. The summed E-state index contributed by atoms with van der Waals surface area (Å²) < 4.78 is 50.7. The van der Waals surface area contributed by atoms with Crippen LogP contribution < -0.4 is 10.2 Å². The number of halogens is 3. The summed E-state index contributed by atoms with van der Waals surface area (Å²) in [6.07, 6.45) is -2.68. The standard InChI is InChI=1S/C27H31F3N6O3/c1-15-19(18-9-11-31-22(13-18)27(28,29)30)7-8-20(33-15)16(2)34-24-32-12-10-23(35-24)36-21(14-38-25(36)37)17(3)39-26(4,5)6/h7-13,16-17,21H,14H2,1-6H3,(H,32,34,35)/t16-,17+,21+/m0/s1. The summed E-state index contributed by atoms with van der Waals surface area (Å²) >= 11 is 0. The summed E-state index contributed by atoms with van der Waals surface area (Å²) in [5.41, 5.74) is 0.790. The van der Waals surface area contributed by atoms with Gasteiger partial charge in [-0.3, -0.25) is 14.9 Å². The normalized spacial score (nSPS) is 17.6. The molecule has 1 fully saturated rings. The van der Waals surface area contributed by atoms with Crippen LogP contribution in [0.3, 0.4) is 0 Å². The van der Waals surface area contributed by atoms with Gasteiger partial charge < -0.3 is 14.8 Å². The predicted octanol–water partition coefficient (Wildman–Crippen LogP) is 5.96. The maximum atomic E-state index is 13.1. The van der Waals surface area contributed by atoms with Crippen molar-refractivity contribution in [2.45, 2.75) is 71.5 Å². The van der Waals surface area contributed by atoms with E-state index in [4.69, 9.17) is 9.47 Å². The number of carbonyl (C=O) groups excluding carboxylic acids is 1. The summed E-state index contributed by atoms with van der Waals surface area (Å²) in [6, 6.07) is 6.90. The fourth-order valence-electron chi connectivity index (χ4n) is 4.38. The Hall–Kier alpha value is -3.80. The Morgan fingerprint density at radius 3 is 2.46 bits per heavy atom. The number of rotatable bonds is 7. The Bertz CT molecular complexity index is 1340. The molecule has 1 aliphatic rings. The highest BCUT2D eigenvalue weighted by Crippen LogP contribution is 2.32. The number of pyridine rings is 2. The van der Waals surface area contributed by atoms with Crippen molar-refractivity contribution in [2.24, 2.45) is 0 Å². The quantitative estimate of drug-likeness (QED) is 0.389. The monoisotopic (exact) mass is 544 g/mol. The molecule has 1 N–H and O–H groups in total. The Balaban J connectivity index is 1.52. The molecule has 0 aliphatic carbocycles. The minimum absolute atomic E-state index is 0.177. The van der Waals surface area contributed by atoms with Crippen molar-refractivity contribution in [3.8, 4) is 11.1 Å². The lowest BCUT2D eigenvalue weighted by Gasteiger charge is -2.31. The van der Waals surface area contributed by atoms with Gasteiger partial charge in [-0.2, -0.15) is 18.2 Å². The highest BCUT2D eigenvalue weighted by molar-refractivity contribution is 5.89. The molecule has 0 aromatic carbocycles. The molecule has 4 heterocycles. The molecule has 1 aliphatic heterocycles. The Morgan fingerprint density at radius 1 is 1.08 bits per heavy atom. The van der Waals surface area contributed by atoms with Gasteiger partial charge >= 0.3 is 12.3 Å². The number of carbonyl (C=O) groups is 1. The molecule has 208 valence electrons. The van der Waals surface area contributed by atoms with E-state index in [9.17, 15) is 18.0 Å². The molecule has 0 saturated carbocycles. The molecule has 12 heteroatoms. The summed E-state index contributed by atoms with van der Waals surface area (Å²) in [7, 11) is 0. The topological polar surface area (TPSA) is 102 Å². The van der Waals surface area contributed by atoms with Gasteiger partial charge in [-0.25, -0.2) is 9.78 Å². The van der Waals surface area contributed by atoms with Crippen LogP contribution in [0.25, 0.3) is 11.1 Å². The number of hydrogen-bond acceptors (Lipinski definition) is 8. The summed E-state index contributed by atoms with van der Waals surface area (Å²) in [5, 5.41) is 3.18. The Kier molecular flexibility index (Phi) is 7.78. The van der Waals surface area contributed by atoms with Gasteiger partial charge in [0.15, 0.2) is 0 Å². The van der Waals surface area contributed by atoms with E-state index in [1.165, 1.54) is 11.0 Å². The number of nitrogens with one attached hydrogen (secondary N) is 1. The van der Waals surface area contributed by atoms with Crippen LogP contribution in [-0.2, 0) is 15.7 Å². The maximum Gasteiger partial charge on any atom is 0.433 e. The molecule has 0 unspecified atom stereocenters. The molecule has 1 saturated heterocycles. The van der Waals surface area contributed by atoms with E-state index in [0.29, 0.717) is 28.3 Å². The molecule has 0 bridgehead atoms. The van der Waals surface area contributed by atoms with Crippen molar-refractivity contribution in [1.29, 1.82) is 0 Å². The number of aromatic nitrogens is 4. The first-order chi connectivity index (χ1) is 18.2. The summed E-state index contributed by atoms with van der Waals surface area (Å²) in [5.74, 6) is 0.643. The van der Waals surface area contributed by atoms with E-state index in [2.05, 4.69) is 25.3 Å². The lowest BCUT2D eigenvalue weighted by Crippen LogP contribution is -2.45. The van der Waals surface area contributed by atoms with Crippen LogP contribution in [0, 0.1) is 6.92 Å². The maximum absolute atomic E-state index is 13.1. The highest BCUT2D eigenvalue weighted by Gasteiger charge is 2.40. The zero-order valence-corrected chi connectivity index (χ0v) is 22.6. The van der Waals surface area contributed by atoms with E-state index in [-0.39, 0.29) is 30.7 Å². The van der Waals surface area contributed by atoms with Crippen LogP contribution >= 0.6 is 0 Å². The van der Waals surface area contributed by atoms with Crippen LogP contribution in [-0.4, -0.2) is 50.4 Å². The predicted molar refractivity (Wildman–Crippen MR) is 139 cm³/mol. The Labute approximate surface area is 224 Å². The Morgan fingerprint density at radius 2 is 1.79 bits per heavy atom. The van der Waals surface area contributed by atoms with E-state index < -0.39 is 23.6 Å². The van der Waals surface area contributed by atoms with E-state index in [1.54, 1.807) is 31.3 Å². The van der Waals surface area contributed by atoms with Crippen LogP contribution in [0.5, 0.6) is 0 Å². The SMILES string of the molecule is Cc1nc([C@H](C)Nc2nccc(N3C(=O)OC[C@@H]3[C@@H](C)OC(C)(C)C)n2)ccc1-c1ccnc(C(F)(F)F)c1. The average Bonchev–Trinajstić information content (AvgIpc) is 3.24. The van der Waals surface area contributed by atoms with Gasteiger partial charge in [-0.15, -0.1) is 0 Å². The number of ether oxygens (including phenoxy) is 2. The van der Waals surface area contributed by atoms with Crippen LogP contribution in [0.2, 0.25) is 0 Å². The second kappa shape index (κ2) is 10.8. The second-order valence-electron chi connectivity index (χ2n) is 10.4. The molecule has 0 radical (unpaired) electrons. The number of amides is 1. The third kappa shape index (κ3) is 6.62. The fourth-order valence-corrected chi connectivity index (χ4v) is 4.38. The number of aryl methyl sites for hydroxylation is 1.